The van der Waals surface area contributed by atoms with Crippen molar-refractivity contribution in [3.8, 4) is 0 Å². The maximum atomic E-state index is 5.44. The molecule has 0 aromatic carbocycles. The average molecular weight is 481 g/mol. The second-order valence-electron chi connectivity index (χ2n) is 7.01. The fourth-order valence-corrected chi connectivity index (χ4v) is 3.53. The monoisotopic (exact) mass is 481 g/mol. The molecule has 0 unspecified atom stereocenters. The van der Waals surface area contributed by atoms with Gasteiger partial charge in [0.2, 0.25) is 0 Å². The zero-order valence-electron chi connectivity index (χ0n) is 16.0. The van der Waals surface area contributed by atoms with Crippen molar-refractivity contribution in [3.05, 3.63) is 16.1 Å². The Balaban J connectivity index is 0.00000312. The van der Waals surface area contributed by atoms with Gasteiger partial charge in [0.05, 0.1) is 25.5 Å². The first-order valence-electron chi connectivity index (χ1n) is 8.64. The zero-order chi connectivity index (χ0) is 17.6. The number of hydrogen-bond acceptors (Lipinski definition) is 5. The average Bonchev–Trinajstić information content (AvgIpc) is 3.05. The third-order valence-corrected chi connectivity index (χ3v) is 5.21. The summed E-state index contributed by atoms with van der Waals surface area (Å²) in [4.78, 5) is 11.4. The van der Waals surface area contributed by atoms with Crippen molar-refractivity contribution < 1.29 is 4.74 Å². The van der Waals surface area contributed by atoms with Crippen molar-refractivity contribution in [2.24, 2.45) is 4.99 Å². The fraction of sp³-hybridized carbons (Fsp3) is 0.765. The minimum atomic E-state index is 0. The van der Waals surface area contributed by atoms with Crippen LogP contribution in [0.1, 0.15) is 44.3 Å². The number of aromatic nitrogens is 1. The summed E-state index contributed by atoms with van der Waals surface area (Å²) in [5.41, 5.74) is 1.22. The summed E-state index contributed by atoms with van der Waals surface area (Å²) in [5, 5.41) is 10.0. The highest BCUT2D eigenvalue weighted by Crippen LogP contribution is 2.17. The van der Waals surface area contributed by atoms with Gasteiger partial charge < -0.3 is 15.4 Å². The Bertz CT molecular complexity index is 541. The Labute approximate surface area is 172 Å². The highest BCUT2D eigenvalue weighted by atomic mass is 127. The van der Waals surface area contributed by atoms with Crippen LogP contribution in [0.4, 0.5) is 0 Å². The van der Waals surface area contributed by atoms with Gasteiger partial charge in [-0.1, -0.05) is 13.8 Å². The molecule has 25 heavy (non-hydrogen) atoms. The number of halogens is 1. The molecule has 1 aromatic rings. The lowest BCUT2D eigenvalue weighted by molar-refractivity contribution is -0.00834. The van der Waals surface area contributed by atoms with Gasteiger partial charge in [-0.25, -0.2) is 4.98 Å². The summed E-state index contributed by atoms with van der Waals surface area (Å²) in [6.07, 6.45) is 0. The molecule has 0 spiro atoms. The maximum absolute atomic E-state index is 5.44. The third kappa shape index (κ3) is 6.99. The van der Waals surface area contributed by atoms with E-state index in [-0.39, 0.29) is 29.5 Å². The van der Waals surface area contributed by atoms with Gasteiger partial charge in [-0.15, -0.1) is 35.3 Å². The predicted octanol–water partition coefficient (Wildman–Crippen LogP) is 2.66. The summed E-state index contributed by atoms with van der Waals surface area (Å²) >= 11 is 1.70. The van der Waals surface area contributed by atoms with Crippen LogP contribution in [0.2, 0.25) is 0 Å². The summed E-state index contributed by atoms with van der Waals surface area (Å²) in [7, 11) is 1.80. The van der Waals surface area contributed by atoms with Crippen molar-refractivity contribution in [3.63, 3.8) is 0 Å². The zero-order valence-corrected chi connectivity index (χ0v) is 19.1. The van der Waals surface area contributed by atoms with Crippen LogP contribution in [0.5, 0.6) is 0 Å². The lowest BCUT2D eigenvalue weighted by Crippen LogP contribution is -2.56. The van der Waals surface area contributed by atoms with E-state index in [1.54, 1.807) is 18.4 Å². The molecular formula is C17H32IN5OS. The summed E-state index contributed by atoms with van der Waals surface area (Å²) in [5.74, 6) is 1.29. The SMILES string of the molecule is CN=C(NCc1nc(C(C)C)cs1)NCC(C)(C)N1CCOCC1.I. The molecule has 8 heteroatoms. The molecule has 2 N–H and O–H groups in total. The van der Waals surface area contributed by atoms with Crippen LogP contribution in [0, 0.1) is 0 Å². The first-order chi connectivity index (χ1) is 11.4. The van der Waals surface area contributed by atoms with Crippen LogP contribution in [0.3, 0.4) is 0 Å². The van der Waals surface area contributed by atoms with Crippen LogP contribution in [-0.2, 0) is 11.3 Å². The highest BCUT2D eigenvalue weighted by Gasteiger charge is 2.28. The van der Waals surface area contributed by atoms with E-state index in [1.807, 2.05) is 0 Å². The van der Waals surface area contributed by atoms with Crippen molar-refractivity contribution in [1.29, 1.82) is 0 Å². The lowest BCUT2D eigenvalue weighted by atomic mass is 10.0. The third-order valence-electron chi connectivity index (χ3n) is 4.35. The van der Waals surface area contributed by atoms with Crippen LogP contribution >= 0.6 is 35.3 Å². The first kappa shape index (κ1) is 22.6. The molecule has 0 amide bonds. The summed E-state index contributed by atoms with van der Waals surface area (Å²) in [6.45, 7) is 14.0. The van der Waals surface area contributed by atoms with E-state index < -0.39 is 0 Å². The van der Waals surface area contributed by atoms with E-state index in [2.05, 4.69) is 58.6 Å². The van der Waals surface area contributed by atoms with E-state index in [0.717, 1.165) is 49.5 Å². The van der Waals surface area contributed by atoms with Crippen molar-refractivity contribution in [2.75, 3.05) is 39.9 Å². The molecule has 1 aliphatic rings. The molecule has 0 bridgehead atoms. The van der Waals surface area contributed by atoms with Gasteiger partial charge in [-0.3, -0.25) is 9.89 Å². The minimum Gasteiger partial charge on any atom is -0.379 e. The molecule has 1 saturated heterocycles. The van der Waals surface area contributed by atoms with E-state index in [0.29, 0.717) is 12.5 Å². The van der Waals surface area contributed by atoms with Gasteiger partial charge >= 0.3 is 0 Å². The van der Waals surface area contributed by atoms with E-state index in [9.17, 15) is 0 Å². The van der Waals surface area contributed by atoms with Gasteiger partial charge in [0.25, 0.3) is 0 Å². The standard InChI is InChI=1S/C17H31N5OS.HI/c1-13(2)14-11-24-15(21-14)10-19-16(18-5)20-12-17(3,4)22-6-8-23-9-7-22;/h11,13H,6-10,12H2,1-5H3,(H2,18,19,20);1H. The molecule has 2 heterocycles. The smallest absolute Gasteiger partial charge is 0.191 e. The Morgan fingerprint density at radius 2 is 2.04 bits per heavy atom. The summed E-state index contributed by atoms with van der Waals surface area (Å²) in [6, 6.07) is 0. The van der Waals surface area contributed by atoms with Gasteiger partial charge in [-0.05, 0) is 19.8 Å². The van der Waals surface area contributed by atoms with Gasteiger partial charge in [0, 0.05) is 37.6 Å². The van der Waals surface area contributed by atoms with Crippen LogP contribution in [0.25, 0.3) is 0 Å². The number of hydrogen-bond donors (Lipinski definition) is 2. The van der Waals surface area contributed by atoms with E-state index >= 15 is 0 Å². The van der Waals surface area contributed by atoms with Crippen molar-refractivity contribution in [2.45, 2.75) is 45.7 Å². The highest BCUT2D eigenvalue weighted by molar-refractivity contribution is 14.0. The van der Waals surface area contributed by atoms with E-state index in [1.165, 1.54) is 0 Å². The molecule has 2 rings (SSSR count). The second-order valence-corrected chi connectivity index (χ2v) is 7.95. The molecular weight excluding hydrogens is 449 g/mol. The maximum Gasteiger partial charge on any atom is 0.191 e. The number of aliphatic imine (C=N–C) groups is 1. The second kappa shape index (κ2) is 10.6. The molecule has 6 nitrogen and oxygen atoms in total. The van der Waals surface area contributed by atoms with Crippen LogP contribution < -0.4 is 10.6 Å². The number of ether oxygens (including phenoxy) is 1. The Morgan fingerprint density at radius 3 is 2.60 bits per heavy atom. The largest absolute Gasteiger partial charge is 0.379 e. The number of morpholine rings is 1. The minimum absolute atomic E-state index is 0. The number of nitrogens with one attached hydrogen (secondary N) is 2. The van der Waals surface area contributed by atoms with Crippen molar-refractivity contribution in [1.82, 2.24) is 20.5 Å². The summed E-state index contributed by atoms with van der Waals surface area (Å²) < 4.78 is 5.44. The molecule has 144 valence electrons. The Hall–Kier alpha value is -0.450. The number of rotatable bonds is 6. The quantitative estimate of drug-likeness (QED) is 0.372. The number of guanidine groups is 1. The molecule has 0 radical (unpaired) electrons. The van der Waals surface area contributed by atoms with Gasteiger partial charge in [0.1, 0.15) is 5.01 Å². The van der Waals surface area contributed by atoms with Crippen LogP contribution in [-0.4, -0.2) is 61.3 Å². The lowest BCUT2D eigenvalue weighted by Gasteiger charge is -2.41. The predicted molar refractivity (Wildman–Crippen MR) is 116 cm³/mol. The van der Waals surface area contributed by atoms with E-state index in [4.69, 9.17) is 4.74 Å². The molecule has 1 fully saturated rings. The fourth-order valence-electron chi connectivity index (χ4n) is 2.63. The molecule has 0 aliphatic carbocycles. The first-order valence-corrected chi connectivity index (χ1v) is 9.52. The molecule has 0 saturated carbocycles. The molecule has 1 aliphatic heterocycles. The van der Waals surface area contributed by atoms with Gasteiger partial charge in [0.15, 0.2) is 5.96 Å². The number of thiazole rings is 1. The van der Waals surface area contributed by atoms with Crippen molar-refractivity contribution >= 4 is 41.3 Å². The molecule has 0 atom stereocenters. The van der Waals surface area contributed by atoms with Crippen LogP contribution in [0.15, 0.2) is 10.4 Å². The Kier molecular flexibility index (Phi) is 9.61. The topological polar surface area (TPSA) is 61.8 Å². The Morgan fingerprint density at radius 1 is 1.36 bits per heavy atom. The van der Waals surface area contributed by atoms with Gasteiger partial charge in [-0.2, -0.15) is 0 Å². The molecule has 1 aromatic heterocycles. The normalized spacial score (nSPS) is 16.6. The number of nitrogens with zero attached hydrogens (tertiary/aromatic N) is 3.